The quantitative estimate of drug-likeness (QED) is 0.340. The van der Waals surface area contributed by atoms with E-state index in [2.05, 4.69) is 43.5 Å². The predicted molar refractivity (Wildman–Crippen MR) is 142 cm³/mol. The molecule has 2 heterocycles. The van der Waals surface area contributed by atoms with Gasteiger partial charge in [-0.05, 0) is 47.7 Å². The Bertz CT molecular complexity index is 1430. The number of carbonyl (C=O) groups is 1. The van der Waals surface area contributed by atoms with Crippen molar-refractivity contribution in [3.8, 4) is 17.1 Å². The highest BCUT2D eigenvalue weighted by Crippen LogP contribution is 2.37. The molecular weight excluding hydrogens is 450 g/mol. The molecule has 0 bridgehead atoms. The van der Waals surface area contributed by atoms with Gasteiger partial charge in [-0.3, -0.25) is 4.79 Å². The van der Waals surface area contributed by atoms with Gasteiger partial charge in [0.1, 0.15) is 11.8 Å². The van der Waals surface area contributed by atoms with Crippen molar-refractivity contribution in [3.05, 3.63) is 101 Å². The first-order chi connectivity index (χ1) is 17.2. The molecule has 3 aromatic carbocycles. The highest BCUT2D eigenvalue weighted by molar-refractivity contribution is 6.06. The van der Waals surface area contributed by atoms with Crippen LogP contribution in [-0.2, 0) is 10.2 Å². The van der Waals surface area contributed by atoms with Crippen LogP contribution in [0.5, 0.6) is 5.75 Å². The van der Waals surface area contributed by atoms with Crippen LogP contribution < -0.4 is 10.6 Å². The molecule has 1 aromatic heterocycles. The van der Waals surface area contributed by atoms with Crippen LogP contribution in [0.1, 0.15) is 44.9 Å². The zero-order valence-corrected chi connectivity index (χ0v) is 20.8. The number of aromatic hydroxyl groups is 1. The molecule has 3 N–H and O–H groups in total. The van der Waals surface area contributed by atoms with Gasteiger partial charge in [0.05, 0.1) is 5.57 Å². The molecule has 1 unspecified atom stereocenters. The van der Waals surface area contributed by atoms with Crippen LogP contribution in [0.2, 0.25) is 0 Å². The van der Waals surface area contributed by atoms with Crippen molar-refractivity contribution in [3.63, 3.8) is 0 Å². The number of amides is 1. The molecule has 0 saturated heterocycles. The number of phenols is 1. The second kappa shape index (κ2) is 9.00. The van der Waals surface area contributed by atoms with Gasteiger partial charge in [-0.1, -0.05) is 75.4 Å². The molecule has 0 fully saturated rings. The summed E-state index contributed by atoms with van der Waals surface area (Å²) in [6, 6.07) is 23.9. The van der Waals surface area contributed by atoms with Crippen molar-refractivity contribution in [2.45, 2.75) is 39.2 Å². The van der Waals surface area contributed by atoms with E-state index < -0.39 is 6.04 Å². The van der Waals surface area contributed by atoms with Crippen LogP contribution in [-0.4, -0.2) is 25.8 Å². The minimum atomic E-state index is -0.527. The van der Waals surface area contributed by atoms with Crippen molar-refractivity contribution < 1.29 is 9.90 Å². The number of anilines is 2. The average Bonchev–Trinajstić information content (AvgIpc) is 3.27. The standard InChI is InChI=1S/C29H29N5O2/c1-18-24(27(36)31-22-8-6-5-7-9-22)25(19-12-16-23(35)17-13-19)34-28(30-18)32-26(33-34)20-10-14-21(15-11-20)29(2,3)4/h5-17,25,35H,1-4H3,(H,31,36)(H,30,32,33). The Labute approximate surface area is 210 Å². The maximum Gasteiger partial charge on any atom is 0.255 e. The molecule has 36 heavy (non-hydrogen) atoms. The second-order valence-electron chi connectivity index (χ2n) is 10.0. The van der Waals surface area contributed by atoms with E-state index in [-0.39, 0.29) is 17.1 Å². The maximum absolute atomic E-state index is 13.5. The minimum Gasteiger partial charge on any atom is -0.508 e. The van der Waals surface area contributed by atoms with Crippen molar-refractivity contribution in [1.29, 1.82) is 0 Å². The van der Waals surface area contributed by atoms with Gasteiger partial charge in [0.2, 0.25) is 5.95 Å². The maximum atomic E-state index is 13.5. The summed E-state index contributed by atoms with van der Waals surface area (Å²) in [5, 5.41) is 21.0. The lowest BCUT2D eigenvalue weighted by Gasteiger charge is -2.28. The molecular formula is C29H29N5O2. The third-order valence-electron chi connectivity index (χ3n) is 6.35. The summed E-state index contributed by atoms with van der Waals surface area (Å²) in [6.45, 7) is 8.40. The molecule has 0 aliphatic carbocycles. The summed E-state index contributed by atoms with van der Waals surface area (Å²) < 4.78 is 1.74. The summed E-state index contributed by atoms with van der Waals surface area (Å²) >= 11 is 0. The molecule has 5 rings (SSSR count). The van der Waals surface area contributed by atoms with E-state index in [1.807, 2.05) is 49.4 Å². The van der Waals surface area contributed by atoms with Crippen molar-refractivity contribution in [2.75, 3.05) is 10.6 Å². The van der Waals surface area contributed by atoms with Gasteiger partial charge in [-0.15, -0.1) is 5.10 Å². The van der Waals surface area contributed by atoms with Gasteiger partial charge in [0.25, 0.3) is 5.91 Å². The normalized spacial score (nSPS) is 15.3. The van der Waals surface area contributed by atoms with Crippen LogP contribution in [0.25, 0.3) is 11.4 Å². The fourth-order valence-corrected chi connectivity index (χ4v) is 4.37. The molecule has 0 radical (unpaired) electrons. The Hall–Kier alpha value is -4.39. The van der Waals surface area contributed by atoms with Gasteiger partial charge >= 0.3 is 0 Å². The van der Waals surface area contributed by atoms with Crippen LogP contribution in [0.4, 0.5) is 11.6 Å². The average molecular weight is 480 g/mol. The molecule has 7 nitrogen and oxygen atoms in total. The number of rotatable bonds is 4. The number of phenolic OH excluding ortho intramolecular Hbond substituents is 1. The zero-order valence-electron chi connectivity index (χ0n) is 20.8. The number of hydrogen-bond acceptors (Lipinski definition) is 5. The Morgan fingerprint density at radius 2 is 1.64 bits per heavy atom. The van der Waals surface area contributed by atoms with Crippen LogP contribution in [0.15, 0.2) is 90.1 Å². The number of allylic oxidation sites excluding steroid dienone is 1. The number of aromatic nitrogens is 3. The van der Waals surface area contributed by atoms with Crippen molar-refractivity contribution in [2.24, 2.45) is 0 Å². The van der Waals surface area contributed by atoms with E-state index in [4.69, 9.17) is 10.1 Å². The van der Waals surface area contributed by atoms with Crippen molar-refractivity contribution >= 4 is 17.5 Å². The highest BCUT2D eigenvalue weighted by atomic mass is 16.3. The number of fused-ring (bicyclic) bond motifs is 1. The lowest BCUT2D eigenvalue weighted by molar-refractivity contribution is -0.113. The van der Waals surface area contributed by atoms with E-state index in [0.29, 0.717) is 28.7 Å². The SMILES string of the molecule is CC1=C(C(=O)Nc2ccccc2)C(c2ccc(O)cc2)n2nc(-c3ccc(C(C)(C)C)cc3)nc2N1. The molecule has 1 aliphatic heterocycles. The summed E-state index contributed by atoms with van der Waals surface area (Å²) in [5.41, 5.74) is 4.90. The summed E-state index contributed by atoms with van der Waals surface area (Å²) in [6.07, 6.45) is 0. The number of para-hydroxylation sites is 1. The van der Waals surface area contributed by atoms with Gasteiger partial charge in [-0.25, -0.2) is 4.68 Å². The number of nitrogens with zero attached hydrogens (tertiary/aromatic N) is 3. The molecule has 1 aliphatic rings. The van der Waals surface area contributed by atoms with E-state index >= 15 is 0 Å². The van der Waals surface area contributed by atoms with E-state index in [1.54, 1.807) is 28.9 Å². The molecule has 1 atom stereocenters. The van der Waals surface area contributed by atoms with Gasteiger partial charge in [-0.2, -0.15) is 4.98 Å². The number of carbonyl (C=O) groups excluding carboxylic acids is 1. The van der Waals surface area contributed by atoms with Crippen LogP contribution in [0.3, 0.4) is 0 Å². The number of hydrogen-bond donors (Lipinski definition) is 3. The van der Waals surface area contributed by atoms with E-state index in [9.17, 15) is 9.90 Å². The Kier molecular flexibility index (Phi) is 5.84. The minimum absolute atomic E-state index is 0.0486. The fraction of sp³-hybridized carbons (Fsp3) is 0.207. The van der Waals surface area contributed by atoms with Crippen LogP contribution in [0, 0.1) is 0 Å². The Balaban J connectivity index is 1.57. The predicted octanol–water partition coefficient (Wildman–Crippen LogP) is 5.88. The van der Waals surface area contributed by atoms with Gasteiger partial charge in [0.15, 0.2) is 5.82 Å². The highest BCUT2D eigenvalue weighted by Gasteiger charge is 2.34. The summed E-state index contributed by atoms with van der Waals surface area (Å²) in [4.78, 5) is 18.3. The second-order valence-corrected chi connectivity index (χ2v) is 10.0. The monoisotopic (exact) mass is 479 g/mol. The lowest BCUT2D eigenvalue weighted by Crippen LogP contribution is -2.31. The van der Waals surface area contributed by atoms with Gasteiger partial charge in [0, 0.05) is 16.9 Å². The topological polar surface area (TPSA) is 92.1 Å². The molecule has 182 valence electrons. The fourth-order valence-electron chi connectivity index (χ4n) is 4.37. The summed E-state index contributed by atoms with van der Waals surface area (Å²) in [7, 11) is 0. The third-order valence-corrected chi connectivity index (χ3v) is 6.35. The zero-order chi connectivity index (χ0) is 25.4. The summed E-state index contributed by atoms with van der Waals surface area (Å²) in [5.74, 6) is 1.04. The first-order valence-corrected chi connectivity index (χ1v) is 11.9. The smallest absolute Gasteiger partial charge is 0.255 e. The first-order valence-electron chi connectivity index (χ1n) is 11.9. The van der Waals surface area contributed by atoms with E-state index in [1.165, 1.54) is 5.56 Å². The lowest BCUT2D eigenvalue weighted by atomic mass is 9.87. The number of benzene rings is 3. The van der Waals surface area contributed by atoms with Crippen LogP contribution >= 0.6 is 0 Å². The largest absolute Gasteiger partial charge is 0.508 e. The van der Waals surface area contributed by atoms with Gasteiger partial charge < -0.3 is 15.7 Å². The van der Waals surface area contributed by atoms with Crippen molar-refractivity contribution in [1.82, 2.24) is 14.8 Å². The van der Waals surface area contributed by atoms with E-state index in [0.717, 1.165) is 11.1 Å². The molecule has 4 aromatic rings. The molecule has 0 spiro atoms. The Morgan fingerprint density at radius 3 is 2.28 bits per heavy atom. The molecule has 7 heteroatoms. The number of nitrogens with one attached hydrogen (secondary N) is 2. The Morgan fingerprint density at radius 1 is 0.972 bits per heavy atom. The molecule has 1 amide bonds. The first kappa shape index (κ1) is 23.4. The third kappa shape index (κ3) is 4.47. The molecule has 0 saturated carbocycles.